The molecule has 2 fully saturated rings. The minimum absolute atomic E-state index is 0.0246. The first-order valence-corrected chi connectivity index (χ1v) is 9.22. The van der Waals surface area contributed by atoms with Gasteiger partial charge in [-0.05, 0) is 24.6 Å². The molecule has 1 aromatic carbocycles. The van der Waals surface area contributed by atoms with Crippen molar-refractivity contribution in [3.05, 3.63) is 47.5 Å². The number of piperazine rings is 1. The van der Waals surface area contributed by atoms with Gasteiger partial charge in [-0.15, -0.1) is 0 Å². The molecule has 0 saturated carbocycles. The average molecular weight is 368 g/mol. The lowest BCUT2D eigenvalue weighted by atomic mass is 10.0. The van der Waals surface area contributed by atoms with Crippen molar-refractivity contribution in [2.24, 2.45) is 7.05 Å². The van der Waals surface area contributed by atoms with Crippen LogP contribution in [0.25, 0.3) is 0 Å². The SMILES string of the molecule is Cc1c(C(=O)N2CCNCC2c2nccn2C)cccc1N1CCNC1=O. The maximum absolute atomic E-state index is 13.4. The Hall–Kier alpha value is -2.87. The third-order valence-corrected chi connectivity index (χ3v) is 5.34. The van der Waals surface area contributed by atoms with Crippen LogP contribution in [0.2, 0.25) is 0 Å². The van der Waals surface area contributed by atoms with Crippen molar-refractivity contribution < 1.29 is 9.59 Å². The standard InChI is InChI=1S/C19H24N6O2/c1-13-14(4-3-5-15(13)25-11-8-22-19(25)27)18(26)24-10-6-20-12-16(24)17-21-7-9-23(17)2/h3-5,7,9,16,20H,6,8,10-12H2,1-2H3,(H,22,27). The normalized spacial score (nSPS) is 20.1. The molecular formula is C19H24N6O2. The Morgan fingerprint density at radius 3 is 2.81 bits per heavy atom. The molecule has 1 atom stereocenters. The van der Waals surface area contributed by atoms with Gasteiger partial charge in [-0.2, -0.15) is 0 Å². The summed E-state index contributed by atoms with van der Waals surface area (Å²) in [5, 5.41) is 6.17. The molecule has 0 aliphatic carbocycles. The average Bonchev–Trinajstić information content (AvgIpc) is 3.29. The Kier molecular flexibility index (Phi) is 4.57. The Balaban J connectivity index is 1.67. The molecule has 3 heterocycles. The van der Waals surface area contributed by atoms with Crippen LogP contribution in [-0.4, -0.2) is 59.1 Å². The lowest BCUT2D eigenvalue weighted by Crippen LogP contribution is -2.49. The lowest BCUT2D eigenvalue weighted by Gasteiger charge is -2.36. The van der Waals surface area contributed by atoms with Crippen molar-refractivity contribution in [2.45, 2.75) is 13.0 Å². The number of aromatic nitrogens is 2. The Bertz CT molecular complexity index is 877. The van der Waals surface area contributed by atoms with Crippen LogP contribution in [0.4, 0.5) is 10.5 Å². The van der Waals surface area contributed by atoms with Gasteiger partial charge in [0.15, 0.2) is 0 Å². The van der Waals surface area contributed by atoms with Crippen LogP contribution in [0.5, 0.6) is 0 Å². The number of nitrogens with zero attached hydrogens (tertiary/aromatic N) is 4. The van der Waals surface area contributed by atoms with E-state index in [0.29, 0.717) is 31.7 Å². The Labute approximate surface area is 158 Å². The van der Waals surface area contributed by atoms with E-state index in [1.54, 1.807) is 11.1 Å². The molecule has 1 unspecified atom stereocenters. The molecule has 3 amide bonds. The van der Waals surface area contributed by atoms with Gasteiger partial charge in [0.2, 0.25) is 0 Å². The van der Waals surface area contributed by atoms with Crippen molar-refractivity contribution in [3.63, 3.8) is 0 Å². The minimum Gasteiger partial charge on any atom is -0.336 e. The zero-order valence-corrected chi connectivity index (χ0v) is 15.6. The largest absolute Gasteiger partial charge is 0.336 e. The van der Waals surface area contributed by atoms with Gasteiger partial charge in [-0.3, -0.25) is 9.69 Å². The molecule has 2 aromatic rings. The summed E-state index contributed by atoms with van der Waals surface area (Å²) in [5.41, 5.74) is 2.25. The summed E-state index contributed by atoms with van der Waals surface area (Å²) in [7, 11) is 1.94. The van der Waals surface area contributed by atoms with Crippen LogP contribution in [0.1, 0.15) is 27.8 Å². The number of nitrogens with one attached hydrogen (secondary N) is 2. The minimum atomic E-state index is -0.121. The Morgan fingerprint density at radius 2 is 2.11 bits per heavy atom. The van der Waals surface area contributed by atoms with Crippen molar-refractivity contribution in [2.75, 3.05) is 37.6 Å². The second kappa shape index (κ2) is 7.03. The van der Waals surface area contributed by atoms with Gasteiger partial charge in [0.05, 0.1) is 0 Å². The summed E-state index contributed by atoms with van der Waals surface area (Å²) in [6.45, 7) is 5.18. The van der Waals surface area contributed by atoms with Gasteiger partial charge < -0.3 is 20.1 Å². The number of benzene rings is 1. The fraction of sp³-hybridized carbons (Fsp3) is 0.421. The number of amides is 3. The van der Waals surface area contributed by atoms with E-state index >= 15 is 0 Å². The van der Waals surface area contributed by atoms with E-state index in [1.807, 2.05) is 47.8 Å². The lowest BCUT2D eigenvalue weighted by molar-refractivity contribution is 0.0620. The fourth-order valence-corrected chi connectivity index (χ4v) is 3.88. The first-order valence-electron chi connectivity index (χ1n) is 9.22. The molecule has 0 bridgehead atoms. The summed E-state index contributed by atoms with van der Waals surface area (Å²) in [4.78, 5) is 33.5. The maximum atomic E-state index is 13.4. The molecule has 2 aliphatic rings. The molecule has 2 aliphatic heterocycles. The summed E-state index contributed by atoms with van der Waals surface area (Å²) in [6, 6.07) is 5.34. The van der Waals surface area contributed by atoms with Crippen molar-refractivity contribution >= 4 is 17.6 Å². The quantitative estimate of drug-likeness (QED) is 0.848. The van der Waals surface area contributed by atoms with E-state index < -0.39 is 0 Å². The van der Waals surface area contributed by atoms with E-state index in [0.717, 1.165) is 23.6 Å². The number of carbonyl (C=O) groups excluding carboxylic acids is 2. The molecule has 0 spiro atoms. The van der Waals surface area contributed by atoms with E-state index in [2.05, 4.69) is 15.6 Å². The predicted octanol–water partition coefficient (Wildman–Crippen LogP) is 1.04. The first-order chi connectivity index (χ1) is 13.1. The van der Waals surface area contributed by atoms with Crippen LogP contribution in [0.15, 0.2) is 30.6 Å². The van der Waals surface area contributed by atoms with Crippen LogP contribution >= 0.6 is 0 Å². The smallest absolute Gasteiger partial charge is 0.322 e. The van der Waals surface area contributed by atoms with Crippen molar-refractivity contribution in [1.82, 2.24) is 25.1 Å². The molecule has 1 aromatic heterocycles. The number of imidazole rings is 1. The third kappa shape index (κ3) is 3.06. The topological polar surface area (TPSA) is 82.5 Å². The van der Waals surface area contributed by atoms with Crippen molar-refractivity contribution in [1.29, 1.82) is 0 Å². The summed E-state index contributed by atoms with van der Waals surface area (Å²) in [6.07, 6.45) is 3.65. The summed E-state index contributed by atoms with van der Waals surface area (Å²) < 4.78 is 1.95. The van der Waals surface area contributed by atoms with E-state index in [4.69, 9.17) is 0 Å². The molecule has 0 radical (unpaired) electrons. The predicted molar refractivity (Wildman–Crippen MR) is 102 cm³/mol. The van der Waals surface area contributed by atoms with E-state index in [9.17, 15) is 9.59 Å². The zero-order chi connectivity index (χ0) is 19.0. The number of hydrogen-bond donors (Lipinski definition) is 2. The number of carbonyl (C=O) groups is 2. The van der Waals surface area contributed by atoms with Gasteiger partial charge in [0.1, 0.15) is 11.9 Å². The molecule has 2 saturated heterocycles. The first kappa shape index (κ1) is 17.5. The highest BCUT2D eigenvalue weighted by atomic mass is 16.2. The number of rotatable bonds is 3. The number of hydrogen-bond acceptors (Lipinski definition) is 4. The molecule has 142 valence electrons. The summed E-state index contributed by atoms with van der Waals surface area (Å²) >= 11 is 0. The van der Waals surface area contributed by atoms with E-state index in [-0.39, 0.29) is 18.0 Å². The third-order valence-electron chi connectivity index (χ3n) is 5.34. The van der Waals surface area contributed by atoms with E-state index in [1.165, 1.54) is 0 Å². The van der Waals surface area contributed by atoms with Crippen LogP contribution < -0.4 is 15.5 Å². The molecular weight excluding hydrogens is 344 g/mol. The van der Waals surface area contributed by atoms with Gasteiger partial charge in [0, 0.05) is 63.4 Å². The Morgan fingerprint density at radius 1 is 1.26 bits per heavy atom. The van der Waals surface area contributed by atoms with Gasteiger partial charge >= 0.3 is 6.03 Å². The molecule has 2 N–H and O–H groups in total. The highest BCUT2D eigenvalue weighted by Crippen LogP contribution is 2.28. The van der Waals surface area contributed by atoms with Crippen molar-refractivity contribution in [3.8, 4) is 0 Å². The summed E-state index contributed by atoms with van der Waals surface area (Å²) in [5.74, 6) is 0.840. The number of aryl methyl sites for hydroxylation is 1. The van der Waals surface area contributed by atoms with Crippen LogP contribution in [0.3, 0.4) is 0 Å². The molecule has 4 rings (SSSR count). The zero-order valence-electron chi connectivity index (χ0n) is 15.6. The fourth-order valence-electron chi connectivity index (χ4n) is 3.88. The molecule has 8 heteroatoms. The second-order valence-corrected chi connectivity index (χ2v) is 6.95. The van der Waals surface area contributed by atoms with Gasteiger partial charge in [0.25, 0.3) is 5.91 Å². The highest BCUT2D eigenvalue weighted by Gasteiger charge is 2.32. The van der Waals surface area contributed by atoms with Gasteiger partial charge in [-0.1, -0.05) is 6.07 Å². The molecule has 27 heavy (non-hydrogen) atoms. The number of urea groups is 1. The molecule has 8 nitrogen and oxygen atoms in total. The van der Waals surface area contributed by atoms with Gasteiger partial charge in [-0.25, -0.2) is 9.78 Å². The van der Waals surface area contributed by atoms with Crippen LogP contribution in [0, 0.1) is 6.92 Å². The highest BCUT2D eigenvalue weighted by molar-refractivity contribution is 6.00. The maximum Gasteiger partial charge on any atom is 0.322 e. The second-order valence-electron chi connectivity index (χ2n) is 6.95. The van der Waals surface area contributed by atoms with Crippen LogP contribution in [-0.2, 0) is 7.05 Å². The monoisotopic (exact) mass is 368 g/mol. The number of anilines is 1.